The van der Waals surface area contributed by atoms with Crippen LogP contribution in [0.1, 0.15) is 49.4 Å². The average Bonchev–Trinajstić information content (AvgIpc) is 2.77. The van der Waals surface area contributed by atoms with Crippen LogP contribution in [0.3, 0.4) is 0 Å². The van der Waals surface area contributed by atoms with E-state index in [1.165, 1.54) is 11.1 Å². The van der Waals surface area contributed by atoms with Gasteiger partial charge in [-0.2, -0.15) is 0 Å². The van der Waals surface area contributed by atoms with Crippen molar-refractivity contribution in [2.75, 3.05) is 26.2 Å². The third kappa shape index (κ3) is 4.29. The third-order valence-electron chi connectivity index (χ3n) is 7.14. The van der Waals surface area contributed by atoms with Crippen LogP contribution in [0.15, 0.2) is 48.5 Å². The first-order valence-corrected chi connectivity index (χ1v) is 11.5. The van der Waals surface area contributed by atoms with Crippen LogP contribution in [0.5, 0.6) is 5.75 Å². The van der Waals surface area contributed by atoms with E-state index in [4.69, 9.17) is 9.47 Å². The lowest BCUT2D eigenvalue weighted by Crippen LogP contribution is -2.53. The van der Waals surface area contributed by atoms with Gasteiger partial charge in [-0.05, 0) is 55.5 Å². The van der Waals surface area contributed by atoms with Gasteiger partial charge in [0.2, 0.25) is 0 Å². The standard InChI is InChI=1S/C26H32N2O3/c1-26(2)17-30-22-15-19(14-18-6-4-3-5-7-18)8-9-21(22)24(26)27-25(29)31-23-16-28-12-10-20(23)11-13-28/h3-9,15,20,23-24H,10-14,16-17H2,1-2H3,(H,27,29)/t23-,24?/m0/s1. The van der Waals surface area contributed by atoms with Crippen molar-refractivity contribution in [2.45, 2.75) is 45.3 Å². The lowest BCUT2D eigenvalue weighted by atomic mass is 9.78. The summed E-state index contributed by atoms with van der Waals surface area (Å²) in [5.41, 5.74) is 3.29. The van der Waals surface area contributed by atoms with Gasteiger partial charge in [-0.25, -0.2) is 4.79 Å². The van der Waals surface area contributed by atoms with Crippen molar-refractivity contribution < 1.29 is 14.3 Å². The minimum Gasteiger partial charge on any atom is -0.493 e. The first-order chi connectivity index (χ1) is 15.0. The summed E-state index contributed by atoms with van der Waals surface area (Å²) in [5, 5.41) is 3.18. The number of alkyl carbamates (subject to hydrolysis) is 1. The van der Waals surface area contributed by atoms with Gasteiger partial charge in [0.25, 0.3) is 0 Å². The van der Waals surface area contributed by atoms with Gasteiger partial charge in [-0.15, -0.1) is 0 Å². The highest BCUT2D eigenvalue weighted by Crippen LogP contribution is 2.43. The van der Waals surface area contributed by atoms with E-state index < -0.39 is 0 Å². The Kier molecular flexibility index (Phi) is 5.39. The van der Waals surface area contributed by atoms with E-state index in [1.807, 2.05) is 6.07 Å². The molecule has 2 aromatic rings. The van der Waals surface area contributed by atoms with Gasteiger partial charge in [0, 0.05) is 17.5 Å². The van der Waals surface area contributed by atoms with Gasteiger partial charge in [0.05, 0.1) is 12.6 Å². The zero-order chi connectivity index (χ0) is 21.4. The number of carbonyl (C=O) groups is 1. The molecule has 5 nitrogen and oxygen atoms in total. The second-order valence-corrected chi connectivity index (χ2v) is 9.97. The molecular weight excluding hydrogens is 388 g/mol. The zero-order valence-electron chi connectivity index (χ0n) is 18.5. The Morgan fingerprint density at radius 1 is 1.13 bits per heavy atom. The van der Waals surface area contributed by atoms with Crippen LogP contribution in [-0.4, -0.2) is 43.3 Å². The molecule has 0 aromatic heterocycles. The van der Waals surface area contributed by atoms with Gasteiger partial charge in [-0.3, -0.25) is 4.90 Å². The minimum atomic E-state index is -0.307. The van der Waals surface area contributed by atoms with Crippen molar-refractivity contribution in [3.63, 3.8) is 0 Å². The Morgan fingerprint density at radius 3 is 2.61 bits per heavy atom. The topological polar surface area (TPSA) is 50.8 Å². The molecular formula is C26H32N2O3. The Hall–Kier alpha value is -2.53. The summed E-state index contributed by atoms with van der Waals surface area (Å²) in [5.74, 6) is 1.37. The van der Waals surface area contributed by atoms with Crippen molar-refractivity contribution in [2.24, 2.45) is 11.3 Å². The molecule has 4 heterocycles. The van der Waals surface area contributed by atoms with Gasteiger partial charge >= 0.3 is 6.09 Å². The van der Waals surface area contributed by atoms with Crippen LogP contribution in [0.4, 0.5) is 4.79 Å². The number of hydrogen-bond acceptors (Lipinski definition) is 4. The number of benzene rings is 2. The van der Waals surface area contributed by atoms with Gasteiger partial charge in [0.1, 0.15) is 11.9 Å². The fraction of sp³-hybridized carbons (Fsp3) is 0.500. The zero-order valence-corrected chi connectivity index (χ0v) is 18.5. The quantitative estimate of drug-likeness (QED) is 0.788. The SMILES string of the molecule is CC1(C)COc2cc(Cc3ccccc3)ccc2C1NC(=O)O[C@H]1CN2CCC1CC2. The van der Waals surface area contributed by atoms with E-state index in [9.17, 15) is 4.79 Å². The molecule has 5 heteroatoms. The highest BCUT2D eigenvalue weighted by Gasteiger charge is 2.41. The Bertz CT molecular complexity index is 935. The molecule has 2 aromatic carbocycles. The Labute approximate surface area is 184 Å². The normalized spacial score (nSPS) is 28.3. The predicted octanol–water partition coefficient (Wildman–Crippen LogP) is 4.56. The van der Waals surface area contributed by atoms with Crippen LogP contribution < -0.4 is 10.1 Å². The molecule has 3 saturated heterocycles. The maximum Gasteiger partial charge on any atom is 0.407 e. The van der Waals surface area contributed by atoms with Gasteiger partial charge in [-0.1, -0.05) is 56.3 Å². The van der Waals surface area contributed by atoms with Crippen molar-refractivity contribution in [3.8, 4) is 5.75 Å². The summed E-state index contributed by atoms with van der Waals surface area (Å²) in [6.07, 6.45) is 2.83. The first kappa shape index (κ1) is 20.4. The molecule has 6 rings (SSSR count). The number of ether oxygens (including phenoxy) is 2. The molecule has 3 fully saturated rings. The maximum atomic E-state index is 12.9. The van der Waals surface area contributed by atoms with E-state index in [-0.39, 0.29) is 23.7 Å². The molecule has 1 N–H and O–H groups in total. The summed E-state index contributed by atoms with van der Waals surface area (Å²) >= 11 is 0. The summed E-state index contributed by atoms with van der Waals surface area (Å²) < 4.78 is 12.0. The molecule has 2 bridgehead atoms. The lowest BCUT2D eigenvalue weighted by Gasteiger charge is -2.44. The van der Waals surface area contributed by atoms with Gasteiger partial charge in [0.15, 0.2) is 0 Å². The van der Waals surface area contributed by atoms with Crippen LogP contribution in [0.2, 0.25) is 0 Å². The third-order valence-corrected chi connectivity index (χ3v) is 7.14. The van der Waals surface area contributed by atoms with Crippen LogP contribution in [-0.2, 0) is 11.2 Å². The van der Waals surface area contributed by atoms with Crippen LogP contribution in [0, 0.1) is 11.3 Å². The number of hydrogen-bond donors (Lipinski definition) is 1. The van der Waals surface area contributed by atoms with E-state index >= 15 is 0 Å². The molecule has 164 valence electrons. The number of rotatable bonds is 4. The Morgan fingerprint density at radius 2 is 1.90 bits per heavy atom. The first-order valence-electron chi connectivity index (χ1n) is 11.5. The number of piperidine rings is 3. The molecule has 4 aliphatic heterocycles. The largest absolute Gasteiger partial charge is 0.493 e. The molecule has 2 atom stereocenters. The smallest absolute Gasteiger partial charge is 0.407 e. The number of amides is 1. The van der Waals surface area contributed by atoms with E-state index in [2.05, 4.69) is 66.5 Å². The second-order valence-electron chi connectivity index (χ2n) is 9.97. The monoisotopic (exact) mass is 420 g/mol. The van der Waals surface area contributed by atoms with Crippen LogP contribution in [0.25, 0.3) is 0 Å². The molecule has 31 heavy (non-hydrogen) atoms. The highest BCUT2D eigenvalue weighted by molar-refractivity contribution is 5.69. The lowest BCUT2D eigenvalue weighted by molar-refractivity contribution is -0.0361. The van der Waals surface area contributed by atoms with Gasteiger partial charge < -0.3 is 14.8 Å². The van der Waals surface area contributed by atoms with Crippen molar-refractivity contribution >= 4 is 6.09 Å². The number of carbonyl (C=O) groups excluding carboxylic acids is 1. The average molecular weight is 421 g/mol. The molecule has 1 unspecified atom stereocenters. The van der Waals surface area contributed by atoms with Crippen molar-refractivity contribution in [3.05, 3.63) is 65.2 Å². The Balaban J connectivity index is 1.31. The number of nitrogens with one attached hydrogen (secondary N) is 1. The van der Waals surface area contributed by atoms with Crippen molar-refractivity contribution in [1.82, 2.24) is 10.2 Å². The summed E-state index contributed by atoms with van der Waals surface area (Å²) in [4.78, 5) is 15.3. The molecule has 0 saturated carbocycles. The second kappa shape index (κ2) is 8.19. The maximum absolute atomic E-state index is 12.9. The molecule has 0 spiro atoms. The minimum absolute atomic E-state index is 0.0122. The molecule has 4 aliphatic rings. The summed E-state index contributed by atoms with van der Waals surface area (Å²) in [7, 11) is 0. The number of fused-ring (bicyclic) bond motifs is 4. The summed E-state index contributed by atoms with van der Waals surface area (Å²) in [6, 6.07) is 16.7. The van der Waals surface area contributed by atoms with E-state index in [1.54, 1.807) is 0 Å². The molecule has 0 radical (unpaired) electrons. The fourth-order valence-electron chi connectivity index (χ4n) is 5.26. The molecule has 0 aliphatic carbocycles. The van der Waals surface area contributed by atoms with Crippen molar-refractivity contribution in [1.29, 1.82) is 0 Å². The molecule has 1 amide bonds. The predicted molar refractivity (Wildman–Crippen MR) is 120 cm³/mol. The van der Waals surface area contributed by atoms with Crippen LogP contribution >= 0.6 is 0 Å². The van der Waals surface area contributed by atoms with E-state index in [0.29, 0.717) is 12.5 Å². The summed E-state index contributed by atoms with van der Waals surface area (Å²) in [6.45, 7) is 7.96. The van der Waals surface area contributed by atoms with E-state index in [0.717, 1.165) is 50.2 Å². The highest BCUT2D eigenvalue weighted by atomic mass is 16.6. The number of nitrogens with zero attached hydrogens (tertiary/aromatic N) is 1. The fourth-order valence-corrected chi connectivity index (χ4v) is 5.26.